The SMILES string of the molecule is Cc1cc(C)cc(-n2c(=c3n(-c4cc(C)cc(C)c4)c4cccc5cccc(c54)n3-c3cc(C)cc(C)c3)n(-c3cc(C)cc(C)c3)c3cccc4cccc2c43)c1. The first-order valence-electron chi connectivity index (χ1n) is 20.3. The summed E-state index contributed by atoms with van der Waals surface area (Å²) >= 11 is 0. The molecule has 0 saturated carbocycles. The fourth-order valence-corrected chi connectivity index (χ4v) is 9.77. The van der Waals surface area contributed by atoms with Crippen LogP contribution in [0.3, 0.4) is 0 Å². The Bertz CT molecular complexity index is 2910. The number of rotatable bonds is 4. The lowest BCUT2D eigenvalue weighted by atomic mass is 10.0. The highest BCUT2D eigenvalue weighted by atomic mass is 15.2. The predicted molar refractivity (Wildman–Crippen MR) is 245 cm³/mol. The second-order valence-corrected chi connectivity index (χ2v) is 16.7. The molecule has 8 aromatic carbocycles. The quantitative estimate of drug-likeness (QED) is 0.171. The molecule has 4 heteroatoms. The Morgan fingerprint density at radius 2 is 0.466 bits per heavy atom. The molecular formula is C54H48N4. The molecule has 0 aliphatic heterocycles. The molecular weight excluding hydrogens is 705 g/mol. The summed E-state index contributed by atoms with van der Waals surface area (Å²) in [4.78, 5) is 0. The normalized spacial score (nSPS) is 11.8. The fraction of sp³-hybridized carbons (Fsp3) is 0.148. The van der Waals surface area contributed by atoms with Crippen molar-refractivity contribution in [2.45, 2.75) is 55.4 Å². The third-order valence-electron chi connectivity index (χ3n) is 11.6. The number of aromatic nitrogens is 4. The van der Waals surface area contributed by atoms with Crippen LogP contribution in [0.25, 0.3) is 66.4 Å². The van der Waals surface area contributed by atoms with Crippen LogP contribution < -0.4 is 0 Å². The van der Waals surface area contributed by atoms with Crippen molar-refractivity contribution in [2.24, 2.45) is 0 Å². The summed E-state index contributed by atoms with van der Waals surface area (Å²) in [5.41, 5.74) is 21.0. The van der Waals surface area contributed by atoms with Crippen LogP contribution in [0.5, 0.6) is 0 Å². The van der Waals surface area contributed by atoms with E-state index in [-0.39, 0.29) is 0 Å². The zero-order valence-electron chi connectivity index (χ0n) is 34.6. The van der Waals surface area contributed by atoms with E-state index in [1.807, 2.05) is 0 Å². The third-order valence-corrected chi connectivity index (χ3v) is 11.6. The van der Waals surface area contributed by atoms with Gasteiger partial charge < -0.3 is 0 Å². The second-order valence-electron chi connectivity index (χ2n) is 16.7. The maximum atomic E-state index is 2.54. The first-order chi connectivity index (χ1) is 28.0. The van der Waals surface area contributed by atoms with Crippen molar-refractivity contribution >= 4 is 43.6 Å². The number of nitrogens with zero attached hydrogens (tertiary/aromatic N) is 4. The largest absolute Gasteiger partial charge is 0.292 e. The van der Waals surface area contributed by atoms with Gasteiger partial charge in [-0.3, -0.25) is 18.3 Å². The van der Waals surface area contributed by atoms with Crippen LogP contribution in [0.4, 0.5) is 0 Å². The van der Waals surface area contributed by atoms with Crippen LogP contribution in [-0.2, 0) is 0 Å². The van der Waals surface area contributed by atoms with Crippen LogP contribution >= 0.6 is 0 Å². The molecule has 10 aromatic rings. The second kappa shape index (κ2) is 13.4. The molecule has 0 unspecified atom stereocenters. The van der Waals surface area contributed by atoms with E-state index in [1.165, 1.54) is 66.1 Å². The molecule has 10 rings (SSSR count). The van der Waals surface area contributed by atoms with Crippen LogP contribution in [0, 0.1) is 66.3 Å². The van der Waals surface area contributed by atoms with Gasteiger partial charge in [-0.25, -0.2) is 0 Å². The molecule has 0 amide bonds. The van der Waals surface area contributed by atoms with Gasteiger partial charge in [0.15, 0.2) is 11.0 Å². The minimum atomic E-state index is 1.05. The summed E-state index contributed by atoms with van der Waals surface area (Å²) in [5, 5.41) is 4.86. The maximum absolute atomic E-state index is 2.54. The summed E-state index contributed by atoms with van der Waals surface area (Å²) < 4.78 is 10.2. The molecule has 0 radical (unpaired) electrons. The van der Waals surface area contributed by atoms with Gasteiger partial charge in [0, 0.05) is 33.5 Å². The summed E-state index contributed by atoms with van der Waals surface area (Å²) in [6.45, 7) is 17.7. The highest BCUT2D eigenvalue weighted by Gasteiger charge is 2.22. The van der Waals surface area contributed by atoms with Crippen molar-refractivity contribution in [1.29, 1.82) is 0 Å². The lowest BCUT2D eigenvalue weighted by Crippen LogP contribution is -2.19. The Morgan fingerprint density at radius 3 is 0.672 bits per heavy atom. The highest BCUT2D eigenvalue weighted by molar-refractivity contribution is 6.09. The van der Waals surface area contributed by atoms with Gasteiger partial charge in [0.05, 0.1) is 22.1 Å². The lowest BCUT2D eigenvalue weighted by Gasteiger charge is -2.27. The predicted octanol–water partition coefficient (Wildman–Crippen LogP) is 13.8. The fourth-order valence-electron chi connectivity index (χ4n) is 9.77. The Hall–Kier alpha value is -6.78. The topological polar surface area (TPSA) is 19.7 Å². The Morgan fingerprint density at radius 1 is 0.259 bits per heavy atom. The number of hydrogen-bond donors (Lipinski definition) is 0. The summed E-state index contributed by atoms with van der Waals surface area (Å²) in [6, 6.07) is 55.0. The zero-order chi connectivity index (χ0) is 40.0. The van der Waals surface area contributed by atoms with Crippen molar-refractivity contribution in [3.05, 3.63) is 201 Å². The van der Waals surface area contributed by atoms with E-state index in [2.05, 4.69) is 219 Å². The van der Waals surface area contributed by atoms with E-state index in [4.69, 9.17) is 0 Å². The van der Waals surface area contributed by atoms with E-state index < -0.39 is 0 Å². The van der Waals surface area contributed by atoms with E-state index in [0.29, 0.717) is 0 Å². The summed E-state index contributed by atoms with van der Waals surface area (Å²) in [7, 11) is 0. The van der Waals surface area contributed by atoms with Gasteiger partial charge in [-0.2, -0.15) is 0 Å². The average molecular weight is 753 g/mol. The molecule has 0 N–H and O–H groups in total. The van der Waals surface area contributed by atoms with Crippen molar-refractivity contribution in [1.82, 2.24) is 18.3 Å². The number of aryl methyl sites for hydroxylation is 8. The van der Waals surface area contributed by atoms with Crippen molar-refractivity contribution in [3.63, 3.8) is 0 Å². The molecule has 4 nitrogen and oxygen atoms in total. The third kappa shape index (κ3) is 5.74. The van der Waals surface area contributed by atoms with Gasteiger partial charge in [-0.1, -0.05) is 72.8 Å². The molecule has 2 aromatic heterocycles. The molecule has 58 heavy (non-hydrogen) atoms. The Balaban J connectivity index is 1.70. The molecule has 0 aliphatic carbocycles. The Kier molecular flexibility index (Phi) is 8.24. The molecule has 0 bridgehead atoms. The van der Waals surface area contributed by atoms with Crippen molar-refractivity contribution in [3.8, 4) is 22.7 Å². The van der Waals surface area contributed by atoms with Gasteiger partial charge in [0.1, 0.15) is 0 Å². The smallest absolute Gasteiger partial charge is 0.166 e. The molecule has 284 valence electrons. The first-order valence-corrected chi connectivity index (χ1v) is 20.3. The zero-order valence-corrected chi connectivity index (χ0v) is 34.6. The van der Waals surface area contributed by atoms with Gasteiger partial charge in [-0.05, 0) is 183 Å². The number of benzene rings is 8. The molecule has 0 atom stereocenters. The lowest BCUT2D eigenvalue weighted by molar-refractivity contribution is 0.799. The standard InChI is InChI=1S/C54H48N4/c1-33-21-34(2)26-43(25-33)55-47-17-9-13-41-14-10-18-48(51(41)47)56(44-27-35(3)22-36(4)28-44)53(55)54-57(45-29-37(5)23-38(6)30-45)49-19-11-15-42-16-12-20-50(52(42)49)58(54)46-31-39(7)24-40(8)32-46/h9-32H,1-8H3. The number of hydrogen-bond acceptors (Lipinski definition) is 0. The molecule has 0 fully saturated rings. The minimum Gasteiger partial charge on any atom is -0.292 e. The van der Waals surface area contributed by atoms with Crippen LogP contribution in [0.2, 0.25) is 0 Å². The van der Waals surface area contributed by atoms with Crippen molar-refractivity contribution in [2.75, 3.05) is 0 Å². The summed E-state index contributed by atoms with van der Waals surface area (Å²) in [6.07, 6.45) is 0. The van der Waals surface area contributed by atoms with E-state index in [9.17, 15) is 0 Å². The van der Waals surface area contributed by atoms with Gasteiger partial charge in [-0.15, -0.1) is 0 Å². The monoisotopic (exact) mass is 752 g/mol. The first kappa shape index (κ1) is 35.6. The van der Waals surface area contributed by atoms with Gasteiger partial charge in [0.25, 0.3) is 0 Å². The van der Waals surface area contributed by atoms with E-state index in [1.54, 1.807) is 0 Å². The van der Waals surface area contributed by atoms with Gasteiger partial charge >= 0.3 is 0 Å². The van der Waals surface area contributed by atoms with Crippen molar-refractivity contribution < 1.29 is 0 Å². The highest BCUT2D eigenvalue weighted by Crippen LogP contribution is 2.37. The van der Waals surface area contributed by atoms with E-state index in [0.717, 1.165) is 55.8 Å². The summed E-state index contributed by atoms with van der Waals surface area (Å²) in [5.74, 6) is 0. The maximum Gasteiger partial charge on any atom is 0.166 e. The van der Waals surface area contributed by atoms with Gasteiger partial charge in [0.2, 0.25) is 0 Å². The van der Waals surface area contributed by atoms with Crippen LogP contribution in [0.1, 0.15) is 44.5 Å². The van der Waals surface area contributed by atoms with Crippen LogP contribution in [0.15, 0.2) is 146 Å². The average Bonchev–Trinajstić information content (AvgIpc) is 3.16. The molecule has 0 saturated heterocycles. The molecule has 0 spiro atoms. The minimum absolute atomic E-state index is 1.05. The molecule has 2 heterocycles. The van der Waals surface area contributed by atoms with Crippen LogP contribution in [-0.4, -0.2) is 18.3 Å². The molecule has 0 aliphatic rings. The van der Waals surface area contributed by atoms with E-state index >= 15 is 0 Å². The Labute approximate surface area is 339 Å².